The van der Waals surface area contributed by atoms with Crippen molar-refractivity contribution >= 4 is 41.5 Å². The van der Waals surface area contributed by atoms with Crippen molar-refractivity contribution in [1.29, 1.82) is 0 Å². The number of hydrogen-bond acceptors (Lipinski definition) is 4. The fourth-order valence-electron chi connectivity index (χ4n) is 2.57. The molecule has 0 fully saturated rings. The van der Waals surface area contributed by atoms with E-state index in [4.69, 9.17) is 21.1 Å². The highest BCUT2D eigenvalue weighted by Crippen LogP contribution is 2.37. The number of methoxy groups -OCH3 is 2. The summed E-state index contributed by atoms with van der Waals surface area (Å²) >= 11 is 6.23. The van der Waals surface area contributed by atoms with E-state index < -0.39 is 0 Å². The number of nitrogens with zero attached hydrogens (tertiary/aromatic N) is 2. The standard InChI is InChI=1S/C19H24ClN3O3.HI/c1-21-19(23(2)12-14-7-5-6-8-15(14)20)22-11-13-9-16(25-3)18(24)17(10-13)26-4;/h5-10,24H,11-12H2,1-4H3,(H,21,22);1H. The lowest BCUT2D eigenvalue weighted by molar-refractivity contribution is 0.339. The van der Waals surface area contributed by atoms with E-state index in [1.54, 1.807) is 19.2 Å². The van der Waals surface area contributed by atoms with E-state index in [0.29, 0.717) is 24.6 Å². The summed E-state index contributed by atoms with van der Waals surface area (Å²) in [5, 5.41) is 14.0. The number of aromatic hydroxyl groups is 1. The fourth-order valence-corrected chi connectivity index (χ4v) is 2.77. The predicted octanol–water partition coefficient (Wildman–Crippen LogP) is 3.89. The van der Waals surface area contributed by atoms with Crippen molar-refractivity contribution in [3.05, 3.63) is 52.5 Å². The summed E-state index contributed by atoms with van der Waals surface area (Å²) in [5.41, 5.74) is 1.91. The van der Waals surface area contributed by atoms with Gasteiger partial charge < -0.3 is 24.8 Å². The first-order chi connectivity index (χ1) is 12.5. The van der Waals surface area contributed by atoms with Crippen LogP contribution >= 0.6 is 35.6 Å². The van der Waals surface area contributed by atoms with Crippen LogP contribution in [0.1, 0.15) is 11.1 Å². The Morgan fingerprint density at radius 2 is 1.78 bits per heavy atom. The molecule has 0 saturated carbocycles. The van der Waals surface area contributed by atoms with Gasteiger partial charge in [0.1, 0.15) is 0 Å². The van der Waals surface area contributed by atoms with Crippen LogP contribution in [0.4, 0.5) is 0 Å². The van der Waals surface area contributed by atoms with Gasteiger partial charge in [-0.05, 0) is 29.3 Å². The number of ether oxygens (including phenoxy) is 2. The van der Waals surface area contributed by atoms with Crippen LogP contribution < -0.4 is 14.8 Å². The van der Waals surface area contributed by atoms with Gasteiger partial charge in [-0.25, -0.2) is 0 Å². The van der Waals surface area contributed by atoms with E-state index in [2.05, 4.69) is 10.3 Å². The number of hydrogen-bond donors (Lipinski definition) is 2. The number of halogens is 2. The molecule has 2 aromatic carbocycles. The van der Waals surface area contributed by atoms with Crippen LogP contribution in [0.15, 0.2) is 41.4 Å². The summed E-state index contributed by atoms with van der Waals surface area (Å²) in [4.78, 5) is 6.29. The van der Waals surface area contributed by atoms with Gasteiger partial charge in [0.2, 0.25) is 5.75 Å². The van der Waals surface area contributed by atoms with Crippen molar-refractivity contribution in [2.45, 2.75) is 13.1 Å². The Bertz CT molecular complexity index is 762. The summed E-state index contributed by atoms with van der Waals surface area (Å²) < 4.78 is 10.4. The van der Waals surface area contributed by atoms with Crippen LogP contribution in [0.25, 0.3) is 0 Å². The molecule has 0 spiro atoms. The van der Waals surface area contributed by atoms with E-state index in [-0.39, 0.29) is 29.7 Å². The van der Waals surface area contributed by atoms with Crippen LogP contribution in [0.5, 0.6) is 17.2 Å². The lowest BCUT2D eigenvalue weighted by Crippen LogP contribution is -2.38. The van der Waals surface area contributed by atoms with E-state index in [0.717, 1.165) is 22.1 Å². The average molecular weight is 506 g/mol. The number of benzene rings is 2. The molecule has 0 aliphatic rings. The maximum Gasteiger partial charge on any atom is 0.200 e. The summed E-state index contributed by atoms with van der Waals surface area (Å²) in [6.07, 6.45) is 0. The Kier molecular flexibility index (Phi) is 9.51. The smallest absolute Gasteiger partial charge is 0.200 e. The van der Waals surface area contributed by atoms with Crippen molar-refractivity contribution in [2.75, 3.05) is 28.3 Å². The van der Waals surface area contributed by atoms with Crippen LogP contribution in [0.3, 0.4) is 0 Å². The Hall–Kier alpha value is -1.87. The van der Waals surface area contributed by atoms with Crippen molar-refractivity contribution in [2.24, 2.45) is 4.99 Å². The second-order valence-electron chi connectivity index (χ2n) is 5.70. The molecule has 6 nitrogen and oxygen atoms in total. The maximum atomic E-state index is 10.0. The van der Waals surface area contributed by atoms with Gasteiger partial charge in [-0.2, -0.15) is 0 Å². The van der Waals surface area contributed by atoms with Gasteiger partial charge >= 0.3 is 0 Å². The number of phenolic OH excluding ortho intramolecular Hbond substituents is 1. The molecule has 0 bridgehead atoms. The van der Waals surface area contributed by atoms with Crippen LogP contribution in [0, 0.1) is 0 Å². The van der Waals surface area contributed by atoms with Gasteiger partial charge in [0.25, 0.3) is 0 Å². The third-order valence-electron chi connectivity index (χ3n) is 3.93. The van der Waals surface area contributed by atoms with Crippen molar-refractivity contribution < 1.29 is 14.6 Å². The summed E-state index contributed by atoms with van der Waals surface area (Å²) in [5.74, 6) is 1.43. The zero-order chi connectivity index (χ0) is 19.1. The van der Waals surface area contributed by atoms with E-state index in [1.807, 2.05) is 36.2 Å². The highest BCUT2D eigenvalue weighted by Gasteiger charge is 2.13. The lowest BCUT2D eigenvalue weighted by Gasteiger charge is -2.23. The van der Waals surface area contributed by atoms with Crippen LogP contribution in [-0.2, 0) is 13.1 Å². The highest BCUT2D eigenvalue weighted by molar-refractivity contribution is 14.0. The number of phenols is 1. The molecule has 8 heteroatoms. The van der Waals surface area contributed by atoms with Crippen molar-refractivity contribution in [3.8, 4) is 17.2 Å². The molecule has 0 aliphatic heterocycles. The normalized spacial score (nSPS) is 10.8. The zero-order valence-electron chi connectivity index (χ0n) is 15.8. The Morgan fingerprint density at radius 1 is 1.19 bits per heavy atom. The number of rotatable bonds is 6. The molecule has 0 aromatic heterocycles. The van der Waals surface area contributed by atoms with Crippen LogP contribution in [-0.4, -0.2) is 44.3 Å². The molecule has 0 atom stereocenters. The van der Waals surface area contributed by atoms with Gasteiger partial charge in [0.05, 0.1) is 14.2 Å². The first kappa shape index (κ1) is 23.2. The molecule has 148 valence electrons. The molecule has 2 N–H and O–H groups in total. The quantitative estimate of drug-likeness (QED) is 0.354. The summed E-state index contributed by atoms with van der Waals surface area (Å²) in [6.45, 7) is 1.12. The average Bonchev–Trinajstić information content (AvgIpc) is 2.65. The number of nitrogens with one attached hydrogen (secondary N) is 1. The second-order valence-corrected chi connectivity index (χ2v) is 6.10. The van der Waals surface area contributed by atoms with Gasteiger partial charge in [-0.15, -0.1) is 24.0 Å². The highest BCUT2D eigenvalue weighted by atomic mass is 127. The minimum Gasteiger partial charge on any atom is -0.502 e. The first-order valence-electron chi connectivity index (χ1n) is 8.09. The van der Waals surface area contributed by atoms with Crippen molar-refractivity contribution in [1.82, 2.24) is 10.2 Å². The summed E-state index contributed by atoms with van der Waals surface area (Å²) in [6, 6.07) is 11.2. The topological polar surface area (TPSA) is 66.3 Å². The molecule has 0 radical (unpaired) electrons. The van der Waals surface area contributed by atoms with Gasteiger partial charge in [0, 0.05) is 32.2 Å². The van der Waals surface area contributed by atoms with Crippen molar-refractivity contribution in [3.63, 3.8) is 0 Å². The molecule has 0 amide bonds. The maximum absolute atomic E-state index is 10.0. The SMILES string of the molecule is CN=C(NCc1cc(OC)c(O)c(OC)c1)N(C)Cc1ccccc1Cl.I. The molecule has 27 heavy (non-hydrogen) atoms. The minimum absolute atomic E-state index is 0. The number of guanidine groups is 1. The molecule has 2 rings (SSSR count). The third-order valence-corrected chi connectivity index (χ3v) is 4.30. The predicted molar refractivity (Wildman–Crippen MR) is 120 cm³/mol. The molecular formula is C19H25ClIN3O3. The fraction of sp³-hybridized carbons (Fsp3) is 0.316. The van der Waals surface area contributed by atoms with E-state index in [9.17, 15) is 5.11 Å². The second kappa shape index (κ2) is 11.1. The minimum atomic E-state index is -0.0148. The molecule has 0 saturated heterocycles. The van der Waals surface area contributed by atoms with Crippen LogP contribution in [0.2, 0.25) is 5.02 Å². The molecule has 0 unspecified atom stereocenters. The molecule has 0 heterocycles. The van der Waals surface area contributed by atoms with Gasteiger partial charge in [-0.1, -0.05) is 29.8 Å². The first-order valence-corrected chi connectivity index (χ1v) is 8.47. The Labute approximate surface area is 182 Å². The van der Waals surface area contributed by atoms with E-state index >= 15 is 0 Å². The van der Waals surface area contributed by atoms with E-state index in [1.165, 1.54) is 14.2 Å². The molecular weight excluding hydrogens is 481 g/mol. The monoisotopic (exact) mass is 505 g/mol. The van der Waals surface area contributed by atoms with Gasteiger partial charge in [0.15, 0.2) is 17.5 Å². The molecule has 2 aromatic rings. The third kappa shape index (κ3) is 6.07. The lowest BCUT2D eigenvalue weighted by atomic mass is 10.2. The molecule has 0 aliphatic carbocycles. The Balaban J connectivity index is 0.00000364. The van der Waals surface area contributed by atoms with Gasteiger partial charge in [-0.3, -0.25) is 4.99 Å². The Morgan fingerprint density at radius 3 is 2.30 bits per heavy atom. The largest absolute Gasteiger partial charge is 0.502 e. The number of aliphatic imine (C=N–C) groups is 1. The summed E-state index contributed by atoms with van der Waals surface area (Å²) in [7, 11) is 6.67. The zero-order valence-corrected chi connectivity index (χ0v) is 18.9.